The highest BCUT2D eigenvalue weighted by Gasteiger charge is 2.40. The lowest BCUT2D eigenvalue weighted by atomic mass is 9.89. The first-order valence-electron chi connectivity index (χ1n) is 12.6. The lowest BCUT2D eigenvalue weighted by molar-refractivity contribution is -0.141. The van der Waals surface area contributed by atoms with Gasteiger partial charge in [0.15, 0.2) is 11.5 Å². The summed E-state index contributed by atoms with van der Waals surface area (Å²) in [6.45, 7) is 2.77. The number of carbonyl (C=O) groups excluding carboxylic acids is 1. The molecule has 9 heteroatoms. The van der Waals surface area contributed by atoms with Crippen LogP contribution in [0, 0.1) is 0 Å². The number of methoxy groups -OCH3 is 2. The van der Waals surface area contributed by atoms with Crippen LogP contribution in [0.1, 0.15) is 46.5 Å². The summed E-state index contributed by atoms with van der Waals surface area (Å²) in [7, 11) is 3.17. The second-order valence-corrected chi connectivity index (χ2v) is 9.75. The van der Waals surface area contributed by atoms with Gasteiger partial charge in [0, 0.05) is 25.8 Å². The van der Waals surface area contributed by atoms with Crippen LogP contribution in [0.25, 0.3) is 0 Å². The molecule has 0 saturated carbocycles. The van der Waals surface area contributed by atoms with Gasteiger partial charge >= 0.3 is 6.18 Å². The predicted molar refractivity (Wildman–Crippen MR) is 136 cm³/mol. The predicted octanol–water partition coefficient (Wildman–Crippen LogP) is 5.19. The van der Waals surface area contributed by atoms with Gasteiger partial charge in [-0.1, -0.05) is 24.3 Å². The molecule has 3 aromatic rings. The summed E-state index contributed by atoms with van der Waals surface area (Å²) in [4.78, 5) is 21.9. The maximum absolute atomic E-state index is 14.1. The largest absolute Gasteiger partial charge is 0.493 e. The van der Waals surface area contributed by atoms with E-state index in [4.69, 9.17) is 9.47 Å². The first-order valence-corrected chi connectivity index (χ1v) is 12.6. The molecule has 0 bridgehead atoms. The summed E-state index contributed by atoms with van der Waals surface area (Å²) < 4.78 is 52.2. The molecule has 2 aliphatic heterocycles. The molecule has 0 fully saturated rings. The minimum atomic E-state index is -4.53. The van der Waals surface area contributed by atoms with E-state index in [0.717, 1.165) is 28.3 Å². The third kappa shape index (κ3) is 4.82. The summed E-state index contributed by atoms with van der Waals surface area (Å²) >= 11 is 0. The topological polar surface area (TPSA) is 54.9 Å². The Balaban J connectivity index is 1.48. The molecule has 5 rings (SSSR count). The van der Waals surface area contributed by atoms with Crippen molar-refractivity contribution in [1.82, 2.24) is 14.8 Å². The Labute approximate surface area is 220 Å². The fourth-order valence-electron chi connectivity index (χ4n) is 5.64. The van der Waals surface area contributed by atoms with Crippen molar-refractivity contribution in [3.8, 4) is 11.5 Å². The Morgan fingerprint density at radius 3 is 2.45 bits per heavy atom. The number of halogens is 3. The first kappa shape index (κ1) is 26.0. The highest BCUT2D eigenvalue weighted by molar-refractivity contribution is 5.83. The molecule has 0 saturated heterocycles. The Kier molecular flexibility index (Phi) is 7.05. The van der Waals surface area contributed by atoms with Crippen LogP contribution in [0.15, 0.2) is 54.7 Å². The van der Waals surface area contributed by atoms with Gasteiger partial charge in [0.2, 0.25) is 5.91 Å². The lowest BCUT2D eigenvalue weighted by Crippen LogP contribution is -2.53. The normalized spacial score (nSPS) is 19.5. The number of amides is 1. The monoisotopic (exact) mass is 525 g/mol. The minimum absolute atomic E-state index is 0.0777. The van der Waals surface area contributed by atoms with Crippen molar-refractivity contribution in [2.24, 2.45) is 0 Å². The van der Waals surface area contributed by atoms with Gasteiger partial charge in [-0.3, -0.25) is 14.7 Å². The van der Waals surface area contributed by atoms with Crippen molar-refractivity contribution < 1.29 is 27.4 Å². The van der Waals surface area contributed by atoms with Crippen LogP contribution >= 0.6 is 0 Å². The van der Waals surface area contributed by atoms with Crippen molar-refractivity contribution >= 4 is 5.91 Å². The molecule has 2 atom stereocenters. The second-order valence-electron chi connectivity index (χ2n) is 9.75. The van der Waals surface area contributed by atoms with Crippen LogP contribution in [-0.4, -0.2) is 47.5 Å². The van der Waals surface area contributed by atoms with Gasteiger partial charge < -0.3 is 14.4 Å². The number of nitrogens with zero attached hydrogens (tertiary/aromatic N) is 3. The Morgan fingerprint density at radius 1 is 1.03 bits per heavy atom. The average molecular weight is 526 g/mol. The molecule has 6 nitrogen and oxygen atoms in total. The van der Waals surface area contributed by atoms with E-state index in [0.29, 0.717) is 37.4 Å². The second kappa shape index (κ2) is 10.3. The molecule has 0 aliphatic carbocycles. The third-order valence-electron chi connectivity index (χ3n) is 7.65. The van der Waals surface area contributed by atoms with Gasteiger partial charge in [-0.15, -0.1) is 0 Å². The van der Waals surface area contributed by atoms with Crippen molar-refractivity contribution in [3.05, 3.63) is 88.2 Å². The zero-order valence-corrected chi connectivity index (χ0v) is 21.6. The Morgan fingerprint density at radius 2 is 1.74 bits per heavy atom. The molecule has 0 spiro atoms. The van der Waals surface area contributed by atoms with E-state index in [-0.39, 0.29) is 24.2 Å². The number of hydrogen-bond acceptors (Lipinski definition) is 5. The van der Waals surface area contributed by atoms with E-state index in [9.17, 15) is 18.0 Å². The summed E-state index contributed by atoms with van der Waals surface area (Å²) in [5, 5.41) is 0. The number of ether oxygens (including phenoxy) is 2. The molecule has 200 valence electrons. The number of benzene rings is 2. The molecule has 38 heavy (non-hydrogen) atoms. The van der Waals surface area contributed by atoms with E-state index >= 15 is 0 Å². The highest BCUT2D eigenvalue weighted by atomic mass is 19.4. The van der Waals surface area contributed by atoms with Crippen LogP contribution in [-0.2, 0) is 36.9 Å². The fraction of sp³-hybridized carbons (Fsp3) is 0.379. The number of pyridine rings is 1. The number of hydrogen-bond donors (Lipinski definition) is 0. The Bertz CT molecular complexity index is 1340. The van der Waals surface area contributed by atoms with Gasteiger partial charge in [-0.05, 0) is 66.3 Å². The lowest BCUT2D eigenvalue weighted by Gasteiger charge is -2.42. The van der Waals surface area contributed by atoms with Crippen molar-refractivity contribution in [2.75, 3.05) is 20.8 Å². The summed E-state index contributed by atoms with van der Waals surface area (Å²) in [6, 6.07) is 13.1. The van der Waals surface area contributed by atoms with E-state index in [1.165, 1.54) is 12.3 Å². The molecular weight excluding hydrogens is 495 g/mol. The maximum Gasteiger partial charge on any atom is 0.418 e. The molecule has 0 N–H and O–H groups in total. The summed E-state index contributed by atoms with van der Waals surface area (Å²) in [5.41, 5.74) is 3.27. The van der Waals surface area contributed by atoms with Crippen LogP contribution < -0.4 is 9.47 Å². The fourth-order valence-corrected chi connectivity index (χ4v) is 5.64. The first-order chi connectivity index (χ1) is 18.2. The molecule has 2 aliphatic rings. The highest BCUT2D eigenvalue weighted by Crippen LogP contribution is 2.39. The van der Waals surface area contributed by atoms with Crippen LogP contribution in [0.5, 0.6) is 11.5 Å². The van der Waals surface area contributed by atoms with Gasteiger partial charge in [0.25, 0.3) is 0 Å². The van der Waals surface area contributed by atoms with E-state index in [2.05, 4.69) is 4.98 Å². The quantitative estimate of drug-likeness (QED) is 0.459. The van der Waals surface area contributed by atoms with Crippen molar-refractivity contribution in [1.29, 1.82) is 0 Å². The zero-order valence-electron chi connectivity index (χ0n) is 21.6. The molecule has 1 amide bonds. The van der Waals surface area contributed by atoms with Gasteiger partial charge in [0.1, 0.15) is 0 Å². The van der Waals surface area contributed by atoms with E-state index in [1.807, 2.05) is 53.1 Å². The number of aromatic nitrogens is 1. The number of rotatable bonds is 5. The molecule has 2 aromatic carbocycles. The van der Waals surface area contributed by atoms with Gasteiger partial charge in [0.05, 0.1) is 37.6 Å². The molecule has 0 radical (unpaired) electrons. The summed E-state index contributed by atoms with van der Waals surface area (Å²) in [6.07, 6.45) is -2.09. The van der Waals surface area contributed by atoms with Crippen molar-refractivity contribution in [2.45, 2.75) is 51.1 Å². The smallest absolute Gasteiger partial charge is 0.418 e. The van der Waals surface area contributed by atoms with Crippen LogP contribution in [0.2, 0.25) is 0 Å². The zero-order chi connectivity index (χ0) is 27.0. The standard InChI is InChI=1S/C29H30F3N3O3/c1-18-22-15-27(38-3)26(37-2)14-20(22)10-12-35(18)28(36)25-13-19-7-4-5-8-21(19)16-34(25)17-24-23(29(30,31)32)9-6-11-33-24/h4-9,11,14-15,18,25H,10,12-13,16-17H2,1-3H3/t18-,25?/m1/s1. The molecule has 3 heterocycles. The number of alkyl halides is 3. The van der Waals surface area contributed by atoms with E-state index < -0.39 is 17.8 Å². The van der Waals surface area contributed by atoms with Crippen LogP contribution in [0.4, 0.5) is 13.2 Å². The molecule has 1 unspecified atom stereocenters. The maximum atomic E-state index is 14.1. The minimum Gasteiger partial charge on any atom is -0.493 e. The van der Waals surface area contributed by atoms with Crippen LogP contribution in [0.3, 0.4) is 0 Å². The number of fused-ring (bicyclic) bond motifs is 2. The third-order valence-corrected chi connectivity index (χ3v) is 7.65. The van der Waals surface area contributed by atoms with Crippen molar-refractivity contribution in [3.63, 3.8) is 0 Å². The van der Waals surface area contributed by atoms with Gasteiger partial charge in [-0.2, -0.15) is 13.2 Å². The molecule has 1 aromatic heterocycles. The SMILES string of the molecule is COc1cc2c(cc1OC)[C@@H](C)N(C(=O)C1Cc3ccccc3CN1Cc1ncccc1C(F)(F)F)CC2. The summed E-state index contributed by atoms with van der Waals surface area (Å²) in [5.74, 6) is 1.14. The van der Waals surface area contributed by atoms with E-state index in [1.54, 1.807) is 14.2 Å². The average Bonchev–Trinajstić information content (AvgIpc) is 2.91. The van der Waals surface area contributed by atoms with Gasteiger partial charge in [-0.25, -0.2) is 0 Å². The Hall–Kier alpha value is -3.59. The molecular formula is C29H30F3N3O3. The number of carbonyl (C=O) groups is 1.